The van der Waals surface area contributed by atoms with Crippen molar-refractivity contribution >= 4 is 21.6 Å². The summed E-state index contributed by atoms with van der Waals surface area (Å²) >= 11 is 3.40. The maximum Gasteiger partial charge on any atom is 0.0951 e. The zero-order valence-corrected chi connectivity index (χ0v) is 11.5. The fraction of sp³-hybridized carbons (Fsp3) is 0.333. The molecule has 0 atom stereocenters. The van der Waals surface area contributed by atoms with E-state index in [4.69, 9.17) is 0 Å². The summed E-state index contributed by atoms with van der Waals surface area (Å²) < 4.78 is 3.12. The molecule has 0 saturated carbocycles. The highest BCUT2D eigenvalue weighted by molar-refractivity contribution is 9.10. The topological polar surface area (TPSA) is 42.7 Å². The molecular formula is C12H15BrN4. The lowest BCUT2D eigenvalue weighted by atomic mass is 10.3. The lowest BCUT2D eigenvalue weighted by Crippen LogP contribution is -2.08. The summed E-state index contributed by atoms with van der Waals surface area (Å²) in [5.74, 6) is 0. The van der Waals surface area contributed by atoms with Crippen LogP contribution in [0.15, 0.2) is 35.5 Å². The van der Waals surface area contributed by atoms with E-state index in [1.165, 1.54) is 5.69 Å². The van der Waals surface area contributed by atoms with Crippen molar-refractivity contribution in [2.45, 2.75) is 26.4 Å². The summed E-state index contributed by atoms with van der Waals surface area (Å²) in [6, 6.07) is 2.43. The van der Waals surface area contributed by atoms with Gasteiger partial charge in [-0.1, -0.05) is 0 Å². The van der Waals surface area contributed by atoms with E-state index in [2.05, 4.69) is 49.6 Å². The standard InChI is InChI=1S/C12H15BrN4/c1-9(2)17-8-15-6-12(17)7-16-11-3-10(13)4-14-5-11/h3-6,8-9,16H,7H2,1-2H3. The molecule has 1 N–H and O–H groups in total. The number of anilines is 1. The van der Waals surface area contributed by atoms with Crippen LogP contribution in [-0.2, 0) is 6.54 Å². The Bertz CT molecular complexity index is 493. The van der Waals surface area contributed by atoms with Gasteiger partial charge in [-0.05, 0) is 35.8 Å². The van der Waals surface area contributed by atoms with Gasteiger partial charge in [-0.25, -0.2) is 4.98 Å². The first-order chi connectivity index (χ1) is 8.16. The smallest absolute Gasteiger partial charge is 0.0951 e. The van der Waals surface area contributed by atoms with Gasteiger partial charge in [-0.15, -0.1) is 0 Å². The van der Waals surface area contributed by atoms with E-state index in [0.29, 0.717) is 6.04 Å². The Morgan fingerprint density at radius 1 is 1.29 bits per heavy atom. The Morgan fingerprint density at radius 2 is 2.12 bits per heavy atom. The van der Waals surface area contributed by atoms with E-state index >= 15 is 0 Å². The van der Waals surface area contributed by atoms with Crippen molar-refractivity contribution in [1.82, 2.24) is 14.5 Å². The second-order valence-corrected chi connectivity index (χ2v) is 5.05. The predicted molar refractivity (Wildman–Crippen MR) is 71.9 cm³/mol. The predicted octanol–water partition coefficient (Wildman–Crippen LogP) is 3.23. The molecule has 0 unspecified atom stereocenters. The summed E-state index contributed by atoms with van der Waals surface area (Å²) in [5, 5.41) is 3.33. The molecule has 17 heavy (non-hydrogen) atoms. The van der Waals surface area contributed by atoms with Crippen molar-refractivity contribution in [3.63, 3.8) is 0 Å². The maximum atomic E-state index is 4.17. The minimum atomic E-state index is 0.426. The number of halogens is 1. The van der Waals surface area contributed by atoms with Gasteiger partial charge in [-0.2, -0.15) is 0 Å². The van der Waals surface area contributed by atoms with E-state index in [9.17, 15) is 0 Å². The van der Waals surface area contributed by atoms with Crippen LogP contribution in [0, 0.1) is 0 Å². The Balaban J connectivity index is 2.05. The minimum absolute atomic E-state index is 0.426. The Morgan fingerprint density at radius 3 is 2.82 bits per heavy atom. The third-order valence-corrected chi connectivity index (χ3v) is 2.91. The first kappa shape index (κ1) is 12.1. The van der Waals surface area contributed by atoms with Gasteiger partial charge in [0.1, 0.15) is 0 Å². The molecule has 0 aliphatic heterocycles. The molecule has 0 saturated heterocycles. The molecule has 5 heteroatoms. The number of pyridine rings is 1. The normalized spacial score (nSPS) is 10.8. The van der Waals surface area contributed by atoms with Crippen LogP contribution in [-0.4, -0.2) is 14.5 Å². The zero-order chi connectivity index (χ0) is 12.3. The number of imidazole rings is 1. The molecule has 0 aliphatic carbocycles. The molecule has 0 aliphatic rings. The van der Waals surface area contributed by atoms with Crippen molar-refractivity contribution in [1.29, 1.82) is 0 Å². The van der Waals surface area contributed by atoms with Crippen LogP contribution in [0.1, 0.15) is 25.6 Å². The summed E-state index contributed by atoms with van der Waals surface area (Å²) in [4.78, 5) is 8.28. The van der Waals surface area contributed by atoms with Crippen LogP contribution < -0.4 is 5.32 Å². The first-order valence-electron chi connectivity index (χ1n) is 5.52. The molecule has 0 amide bonds. The van der Waals surface area contributed by atoms with Gasteiger partial charge in [0.05, 0.1) is 30.5 Å². The number of rotatable bonds is 4. The fourth-order valence-corrected chi connectivity index (χ4v) is 2.00. The Hall–Kier alpha value is -1.36. The second kappa shape index (κ2) is 5.31. The Kier molecular flexibility index (Phi) is 3.78. The summed E-state index contributed by atoms with van der Waals surface area (Å²) in [7, 11) is 0. The van der Waals surface area contributed by atoms with E-state index in [1.807, 2.05) is 18.6 Å². The van der Waals surface area contributed by atoms with Crippen molar-refractivity contribution in [2.24, 2.45) is 0 Å². The highest BCUT2D eigenvalue weighted by Crippen LogP contribution is 2.15. The number of hydrogen-bond donors (Lipinski definition) is 1. The summed E-state index contributed by atoms with van der Waals surface area (Å²) in [6.45, 7) is 5.04. The van der Waals surface area contributed by atoms with Crippen LogP contribution in [0.2, 0.25) is 0 Å². The third kappa shape index (κ3) is 3.06. The van der Waals surface area contributed by atoms with Gasteiger partial charge in [0.15, 0.2) is 0 Å². The average Bonchev–Trinajstić information content (AvgIpc) is 2.74. The molecule has 2 aromatic rings. The van der Waals surface area contributed by atoms with Crippen LogP contribution in [0.4, 0.5) is 5.69 Å². The molecule has 0 aromatic carbocycles. The molecule has 2 rings (SSSR count). The van der Waals surface area contributed by atoms with Crippen LogP contribution >= 0.6 is 15.9 Å². The molecule has 2 aromatic heterocycles. The molecule has 0 spiro atoms. The minimum Gasteiger partial charge on any atom is -0.378 e. The van der Waals surface area contributed by atoms with E-state index < -0.39 is 0 Å². The summed E-state index contributed by atoms with van der Waals surface area (Å²) in [6.07, 6.45) is 7.32. The van der Waals surface area contributed by atoms with Gasteiger partial charge in [0, 0.05) is 22.9 Å². The van der Waals surface area contributed by atoms with Gasteiger partial charge in [0.2, 0.25) is 0 Å². The van der Waals surface area contributed by atoms with Crippen molar-refractivity contribution in [3.05, 3.63) is 41.2 Å². The van der Waals surface area contributed by atoms with Gasteiger partial charge < -0.3 is 9.88 Å². The van der Waals surface area contributed by atoms with E-state index in [-0.39, 0.29) is 0 Å². The molecule has 0 radical (unpaired) electrons. The van der Waals surface area contributed by atoms with Crippen LogP contribution in [0.3, 0.4) is 0 Å². The molecule has 0 bridgehead atoms. The molecular weight excluding hydrogens is 280 g/mol. The van der Waals surface area contributed by atoms with Gasteiger partial charge in [-0.3, -0.25) is 4.98 Å². The van der Waals surface area contributed by atoms with Crippen LogP contribution in [0.25, 0.3) is 0 Å². The highest BCUT2D eigenvalue weighted by Gasteiger charge is 2.04. The average molecular weight is 295 g/mol. The molecule has 0 fully saturated rings. The zero-order valence-electron chi connectivity index (χ0n) is 9.89. The van der Waals surface area contributed by atoms with E-state index in [1.54, 1.807) is 12.4 Å². The maximum absolute atomic E-state index is 4.17. The fourth-order valence-electron chi connectivity index (χ4n) is 1.64. The SMILES string of the molecule is CC(C)n1cncc1CNc1cncc(Br)c1. The third-order valence-electron chi connectivity index (χ3n) is 2.48. The first-order valence-corrected chi connectivity index (χ1v) is 6.31. The summed E-state index contributed by atoms with van der Waals surface area (Å²) in [5.41, 5.74) is 2.16. The molecule has 2 heterocycles. The number of hydrogen-bond acceptors (Lipinski definition) is 3. The molecule has 90 valence electrons. The Labute approximate surface area is 109 Å². The van der Waals surface area contributed by atoms with Crippen LogP contribution in [0.5, 0.6) is 0 Å². The highest BCUT2D eigenvalue weighted by atomic mass is 79.9. The van der Waals surface area contributed by atoms with Crippen molar-refractivity contribution in [3.8, 4) is 0 Å². The lowest BCUT2D eigenvalue weighted by Gasteiger charge is -2.12. The second-order valence-electron chi connectivity index (χ2n) is 4.13. The number of nitrogens with zero attached hydrogens (tertiary/aromatic N) is 3. The molecule has 4 nitrogen and oxygen atoms in total. The number of nitrogens with one attached hydrogen (secondary N) is 1. The van der Waals surface area contributed by atoms with Crippen molar-refractivity contribution < 1.29 is 0 Å². The van der Waals surface area contributed by atoms with Crippen molar-refractivity contribution in [2.75, 3.05) is 5.32 Å². The van der Waals surface area contributed by atoms with Gasteiger partial charge >= 0.3 is 0 Å². The largest absolute Gasteiger partial charge is 0.378 e. The quantitative estimate of drug-likeness (QED) is 0.941. The monoisotopic (exact) mass is 294 g/mol. The number of aromatic nitrogens is 3. The van der Waals surface area contributed by atoms with Gasteiger partial charge in [0.25, 0.3) is 0 Å². The van der Waals surface area contributed by atoms with E-state index in [0.717, 1.165) is 16.7 Å². The lowest BCUT2D eigenvalue weighted by molar-refractivity contribution is 0.577.